The lowest BCUT2D eigenvalue weighted by Gasteiger charge is -2.26. The SMILES string of the molecule is CCCC(C)Nc1nc(C)nc2ccn(Cc3ccccc3OC)c12.CCCCC(CCO)Nc1nc(C)nc2ccn(CC3CCC3)c12.CCCCC(CCO)Nc1nc(C)nc2ccn(Cc3ccccc3OC)c12.Cc1cccc(Cn2ccc3nc(C)nc(NCc4cc(C)on4)c32)n1.Cc1nc(NCc2cc(C)on2)c2c(ccn2Cc2ccccn2)n1. The van der Waals surface area contributed by atoms with Gasteiger partial charge in [-0.05, 0) is 180 Å². The van der Waals surface area contributed by atoms with Crippen LogP contribution >= 0.6 is 0 Å². The first-order valence-electron chi connectivity index (χ1n) is 44.8. The molecule has 1 saturated carbocycles. The van der Waals surface area contributed by atoms with Crippen LogP contribution in [-0.2, 0) is 45.8 Å². The first kappa shape index (κ1) is 92.4. The van der Waals surface area contributed by atoms with Crippen molar-refractivity contribution in [1.82, 2.24) is 93.0 Å². The van der Waals surface area contributed by atoms with Crippen molar-refractivity contribution in [2.45, 2.75) is 230 Å². The van der Waals surface area contributed by atoms with Crippen LogP contribution in [0.2, 0.25) is 0 Å². The summed E-state index contributed by atoms with van der Waals surface area (Å²) in [6.45, 7) is 29.3. The summed E-state index contributed by atoms with van der Waals surface area (Å²) in [5.74, 6) is 12.1. The van der Waals surface area contributed by atoms with Crippen LogP contribution in [0.15, 0.2) is 174 Å². The molecule has 14 aromatic heterocycles. The number of pyridine rings is 2. The molecule has 0 saturated heterocycles. The van der Waals surface area contributed by atoms with E-state index in [0.29, 0.717) is 45.2 Å². The number of aliphatic hydroxyl groups is 2. The minimum absolute atomic E-state index is 0.164. The molecular weight excluding hydrogens is 1610 g/mol. The Morgan fingerprint density at radius 1 is 0.406 bits per heavy atom. The summed E-state index contributed by atoms with van der Waals surface area (Å²) in [5.41, 5.74) is 16.7. The summed E-state index contributed by atoms with van der Waals surface area (Å²) in [7, 11) is 3.40. The van der Waals surface area contributed by atoms with Gasteiger partial charge in [-0.2, -0.15) is 0 Å². The quantitative estimate of drug-likeness (QED) is 0.0192. The van der Waals surface area contributed by atoms with Gasteiger partial charge in [-0.3, -0.25) is 9.97 Å². The molecule has 0 aliphatic heterocycles. The number of nitrogens with zero attached hydrogens (tertiary/aromatic N) is 19. The van der Waals surface area contributed by atoms with Gasteiger partial charge >= 0.3 is 0 Å². The Morgan fingerprint density at radius 3 is 1.20 bits per heavy atom. The van der Waals surface area contributed by atoms with E-state index < -0.39 is 0 Å². The molecule has 128 heavy (non-hydrogen) atoms. The second-order valence-corrected chi connectivity index (χ2v) is 32.9. The molecule has 0 spiro atoms. The van der Waals surface area contributed by atoms with Crippen LogP contribution in [0, 0.1) is 61.3 Å². The molecule has 14 heterocycles. The van der Waals surface area contributed by atoms with Gasteiger partial charge < -0.3 is 78.2 Å². The third kappa shape index (κ3) is 24.7. The first-order chi connectivity index (χ1) is 62.2. The topological polar surface area (TPSA) is 350 Å². The molecule has 3 unspecified atom stereocenters. The minimum Gasteiger partial charge on any atom is -0.496 e. The minimum atomic E-state index is 0.164. The van der Waals surface area contributed by atoms with E-state index in [1.165, 1.54) is 25.7 Å². The molecule has 3 atom stereocenters. The van der Waals surface area contributed by atoms with E-state index in [2.05, 4.69) is 174 Å². The van der Waals surface area contributed by atoms with E-state index in [1.807, 2.05) is 177 Å². The van der Waals surface area contributed by atoms with E-state index in [1.54, 1.807) is 20.4 Å². The Bertz CT molecular complexity index is 6220. The van der Waals surface area contributed by atoms with Crippen LogP contribution in [0.25, 0.3) is 55.2 Å². The third-order valence-electron chi connectivity index (χ3n) is 22.5. The molecule has 0 amide bonds. The molecule has 17 rings (SSSR count). The van der Waals surface area contributed by atoms with Gasteiger partial charge in [-0.15, -0.1) is 0 Å². The first-order valence-corrected chi connectivity index (χ1v) is 44.8. The highest BCUT2D eigenvalue weighted by Crippen LogP contribution is 2.34. The van der Waals surface area contributed by atoms with Gasteiger partial charge in [-0.25, -0.2) is 49.8 Å². The van der Waals surface area contributed by atoms with Gasteiger partial charge in [0.25, 0.3) is 0 Å². The van der Waals surface area contributed by atoms with Crippen LogP contribution in [0.4, 0.5) is 29.1 Å². The summed E-state index contributed by atoms with van der Waals surface area (Å²) in [6.07, 6.45) is 26.5. The number of aliphatic hydroxyl groups excluding tert-OH is 2. The average Bonchev–Trinajstić information content (AvgIpc) is 1.63. The number of anilines is 5. The second-order valence-electron chi connectivity index (χ2n) is 32.9. The number of unbranched alkanes of at least 4 members (excludes halogenated alkanes) is 2. The van der Waals surface area contributed by atoms with Crippen LogP contribution in [0.1, 0.15) is 191 Å². The normalized spacial score (nSPS) is 12.6. The van der Waals surface area contributed by atoms with E-state index in [0.717, 1.165) is 246 Å². The lowest BCUT2D eigenvalue weighted by atomic mass is 9.85. The van der Waals surface area contributed by atoms with E-state index in [9.17, 15) is 10.2 Å². The van der Waals surface area contributed by atoms with Gasteiger partial charge in [0.15, 0.2) is 29.1 Å². The van der Waals surface area contributed by atoms with Crippen LogP contribution in [0.5, 0.6) is 11.5 Å². The molecule has 1 aliphatic rings. The number of fused-ring (bicyclic) bond motifs is 5. The van der Waals surface area contributed by atoms with Crippen molar-refractivity contribution in [3.05, 3.63) is 245 Å². The van der Waals surface area contributed by atoms with E-state index >= 15 is 0 Å². The molecule has 1 aliphatic carbocycles. The maximum atomic E-state index is 9.46. The van der Waals surface area contributed by atoms with Gasteiger partial charge in [0.05, 0.1) is 92.5 Å². The van der Waals surface area contributed by atoms with Gasteiger partial charge in [0.1, 0.15) is 91.1 Å². The maximum Gasteiger partial charge on any atom is 0.154 e. The number of benzene rings is 2. The summed E-state index contributed by atoms with van der Waals surface area (Å²) >= 11 is 0. The van der Waals surface area contributed by atoms with Crippen LogP contribution in [-0.4, -0.2) is 149 Å². The molecular formula is C98H124N24O6. The zero-order valence-electron chi connectivity index (χ0n) is 76.5. The largest absolute Gasteiger partial charge is 0.496 e. The number of methoxy groups -OCH3 is 2. The second kappa shape index (κ2) is 45.3. The van der Waals surface area contributed by atoms with Crippen LogP contribution < -0.4 is 36.1 Å². The van der Waals surface area contributed by atoms with Crippen molar-refractivity contribution in [3.8, 4) is 11.5 Å². The van der Waals surface area contributed by atoms with Crippen molar-refractivity contribution in [3.63, 3.8) is 0 Å². The highest BCUT2D eigenvalue weighted by atomic mass is 16.5. The number of aromatic nitrogens is 19. The predicted octanol–water partition coefficient (Wildman–Crippen LogP) is 18.9. The number of aryl methyl sites for hydroxylation is 8. The maximum absolute atomic E-state index is 9.46. The highest BCUT2D eigenvalue weighted by molar-refractivity contribution is 5.90. The molecule has 672 valence electrons. The molecule has 30 nitrogen and oxygen atoms in total. The monoisotopic (exact) mass is 1730 g/mol. The molecule has 1 fully saturated rings. The molecule has 30 heteroatoms. The number of nitrogens with one attached hydrogen (secondary N) is 5. The van der Waals surface area contributed by atoms with Gasteiger partial charge in [0, 0.05) is 104 Å². The van der Waals surface area contributed by atoms with E-state index in [4.69, 9.17) is 28.5 Å². The summed E-state index contributed by atoms with van der Waals surface area (Å²) < 4.78 is 32.1. The van der Waals surface area contributed by atoms with Gasteiger partial charge in [-0.1, -0.05) is 118 Å². The number of para-hydroxylation sites is 2. The Kier molecular flexibility index (Phi) is 32.7. The van der Waals surface area contributed by atoms with Crippen LogP contribution in [0.3, 0.4) is 0 Å². The van der Waals surface area contributed by atoms with Gasteiger partial charge in [0.2, 0.25) is 0 Å². The van der Waals surface area contributed by atoms with Crippen molar-refractivity contribution in [1.29, 1.82) is 0 Å². The Labute approximate surface area is 748 Å². The van der Waals surface area contributed by atoms with Crippen molar-refractivity contribution in [2.24, 2.45) is 5.92 Å². The number of rotatable bonds is 36. The predicted molar refractivity (Wildman–Crippen MR) is 507 cm³/mol. The highest BCUT2D eigenvalue weighted by Gasteiger charge is 2.24. The molecule has 0 radical (unpaired) electrons. The fourth-order valence-corrected chi connectivity index (χ4v) is 16.1. The fraction of sp³-hybridized carbons (Fsp3) is 0.408. The lowest BCUT2D eigenvalue weighted by Crippen LogP contribution is -2.23. The summed E-state index contributed by atoms with van der Waals surface area (Å²) in [6, 6.07) is 42.9. The lowest BCUT2D eigenvalue weighted by molar-refractivity contribution is 0.275. The molecule has 2 aromatic carbocycles. The summed E-state index contributed by atoms with van der Waals surface area (Å²) in [4.78, 5) is 55.1. The standard InChI is InChI=1S/C22H30N4O2.C20H26N4O.C19H20N6O.C19H30N4O.C18H18N6O/c1-4-5-9-18(12-14-27)25-22-21-19(23-16(2)24-22)11-13-26(21)15-17-8-6-7-10-20(17)28-3;1-5-8-14(2)21-20-19-17(22-15(3)23-20)11-12-24(19)13-16-9-6-7-10-18(16)25-4;1-12-5-4-6-15(21-12)11-25-8-7-17-18(25)19(23-14(3)22-17)20-10-16-9-13(2)26-24-16;1-3-4-8-16(10-12-24)22-19-18-17(20-14(2)21-19)9-11-23(18)13-15-6-5-7-15;1-12-9-15(23-25-12)10-20-18-17-16(21-13(2)22-18)6-8-24(17)11-14-5-3-4-7-19-14/h6-8,10-11,13,18,27H,4-5,9,12,14-15H2,1-3H3,(H,23,24,25);6-7,9-12,14H,5,8,13H2,1-4H3,(H,21,22,23);4-9H,10-11H2,1-3H3,(H,20,22,23);9,11,15-16,24H,3-8,10,12-13H2,1-2H3,(H,20,21,22);3-9H,10-11H2,1-2H3,(H,20,21,22). The Morgan fingerprint density at radius 2 is 0.805 bits per heavy atom. The Hall–Kier alpha value is -13.2. The van der Waals surface area contributed by atoms with Crippen molar-refractivity contribution >= 4 is 84.3 Å². The summed E-state index contributed by atoms with van der Waals surface area (Å²) in [5, 5.41) is 44.3. The smallest absolute Gasteiger partial charge is 0.154 e. The zero-order chi connectivity index (χ0) is 90.0. The number of hydrogen-bond donors (Lipinski definition) is 7. The fourth-order valence-electron chi connectivity index (χ4n) is 16.1. The average molecular weight is 1730 g/mol. The number of ether oxygens (including phenoxy) is 2. The number of hydrogen-bond acceptors (Lipinski definition) is 25. The van der Waals surface area contributed by atoms with E-state index in [-0.39, 0.29) is 25.3 Å². The molecule has 0 bridgehead atoms. The third-order valence-corrected chi connectivity index (χ3v) is 22.5. The molecule has 7 N–H and O–H groups in total. The zero-order valence-corrected chi connectivity index (χ0v) is 76.5. The van der Waals surface area contributed by atoms with Crippen molar-refractivity contribution in [2.75, 3.05) is 54.0 Å². The van der Waals surface area contributed by atoms with Crippen molar-refractivity contribution < 1.29 is 28.7 Å². The molecule has 16 aromatic rings. The Balaban J connectivity index is 0.000000137.